The standard InChI is InChI=1S/C18H16N2S2/c1-20(16-11-6-3-7-12-16)18(15-9-4-2-5-10-15)19-22-17-13-8-14-21-17/h2-14H,1H3. The largest absolute Gasteiger partial charge is 0.328 e. The first-order valence-corrected chi connectivity index (χ1v) is 8.62. The molecule has 0 bridgehead atoms. The highest BCUT2D eigenvalue weighted by Crippen LogP contribution is 2.26. The second-order valence-electron chi connectivity index (χ2n) is 4.70. The smallest absolute Gasteiger partial charge is 0.148 e. The van der Waals surface area contributed by atoms with Crippen molar-refractivity contribution in [1.82, 2.24) is 0 Å². The Kier molecular flexibility index (Phi) is 4.93. The van der Waals surface area contributed by atoms with Crippen molar-refractivity contribution in [3.05, 3.63) is 83.7 Å². The fraction of sp³-hybridized carbons (Fsp3) is 0.0556. The number of nitrogens with zero attached hydrogens (tertiary/aromatic N) is 2. The molecule has 0 amide bonds. The van der Waals surface area contributed by atoms with Crippen molar-refractivity contribution in [3.63, 3.8) is 0 Å². The Balaban J connectivity index is 1.94. The molecule has 0 radical (unpaired) electrons. The van der Waals surface area contributed by atoms with Gasteiger partial charge in [0.05, 0.1) is 4.21 Å². The fourth-order valence-corrected chi connectivity index (χ4v) is 3.52. The lowest BCUT2D eigenvalue weighted by atomic mass is 10.2. The maximum absolute atomic E-state index is 4.78. The van der Waals surface area contributed by atoms with Crippen molar-refractivity contribution < 1.29 is 0 Å². The Morgan fingerprint density at radius 3 is 2.23 bits per heavy atom. The molecule has 2 aromatic carbocycles. The van der Waals surface area contributed by atoms with Crippen LogP contribution in [0.4, 0.5) is 5.69 Å². The van der Waals surface area contributed by atoms with Crippen LogP contribution in [0.25, 0.3) is 0 Å². The summed E-state index contributed by atoms with van der Waals surface area (Å²) in [4.78, 5) is 2.12. The molecule has 0 atom stereocenters. The summed E-state index contributed by atoms with van der Waals surface area (Å²) in [7, 11) is 2.05. The molecule has 0 aliphatic heterocycles. The number of rotatable bonds is 4. The van der Waals surface area contributed by atoms with Gasteiger partial charge in [0.15, 0.2) is 0 Å². The van der Waals surface area contributed by atoms with Gasteiger partial charge in [0.1, 0.15) is 5.84 Å². The maximum Gasteiger partial charge on any atom is 0.148 e. The van der Waals surface area contributed by atoms with Crippen LogP contribution in [0.15, 0.2) is 86.8 Å². The average molecular weight is 324 g/mol. The lowest BCUT2D eigenvalue weighted by molar-refractivity contribution is 1.26. The molecule has 1 heterocycles. The van der Waals surface area contributed by atoms with Crippen LogP contribution in [-0.2, 0) is 0 Å². The summed E-state index contributed by atoms with van der Waals surface area (Å²) in [6.45, 7) is 0. The molecule has 2 nitrogen and oxygen atoms in total. The molecule has 3 aromatic rings. The van der Waals surface area contributed by atoms with E-state index < -0.39 is 0 Å². The van der Waals surface area contributed by atoms with E-state index in [4.69, 9.17) is 4.40 Å². The number of hydrogen-bond acceptors (Lipinski definition) is 3. The molecule has 0 N–H and O–H groups in total. The summed E-state index contributed by atoms with van der Waals surface area (Å²) in [5, 5.41) is 2.07. The summed E-state index contributed by atoms with van der Waals surface area (Å²) in [5.74, 6) is 0.949. The first-order valence-electron chi connectivity index (χ1n) is 6.97. The van der Waals surface area contributed by atoms with E-state index in [1.165, 1.54) is 16.2 Å². The monoisotopic (exact) mass is 324 g/mol. The Morgan fingerprint density at radius 2 is 1.59 bits per heavy atom. The molecule has 0 unspecified atom stereocenters. The molecular formula is C18H16N2S2. The summed E-state index contributed by atoms with van der Waals surface area (Å²) in [6, 6.07) is 24.7. The predicted octanol–water partition coefficient (Wildman–Crippen LogP) is 5.34. The molecule has 0 spiro atoms. The van der Waals surface area contributed by atoms with Crippen LogP contribution in [0.3, 0.4) is 0 Å². The van der Waals surface area contributed by atoms with Gasteiger partial charge in [-0.25, -0.2) is 0 Å². The van der Waals surface area contributed by atoms with Crippen LogP contribution >= 0.6 is 23.3 Å². The van der Waals surface area contributed by atoms with E-state index in [1.807, 2.05) is 42.5 Å². The molecule has 1 aromatic heterocycles. The number of anilines is 1. The highest BCUT2D eigenvalue weighted by Gasteiger charge is 2.11. The Bertz CT molecular complexity index is 722. The van der Waals surface area contributed by atoms with E-state index >= 15 is 0 Å². The fourth-order valence-electron chi connectivity index (χ4n) is 2.07. The lowest BCUT2D eigenvalue weighted by Gasteiger charge is -2.21. The van der Waals surface area contributed by atoms with E-state index in [2.05, 4.69) is 47.7 Å². The van der Waals surface area contributed by atoms with Gasteiger partial charge in [-0.05, 0) is 23.6 Å². The molecule has 110 valence electrons. The van der Waals surface area contributed by atoms with Gasteiger partial charge in [-0.3, -0.25) is 0 Å². The minimum atomic E-state index is 0.949. The Morgan fingerprint density at radius 1 is 0.909 bits per heavy atom. The van der Waals surface area contributed by atoms with Gasteiger partial charge < -0.3 is 4.90 Å². The van der Waals surface area contributed by atoms with Crippen molar-refractivity contribution in [1.29, 1.82) is 0 Å². The van der Waals surface area contributed by atoms with Crippen molar-refractivity contribution in [3.8, 4) is 0 Å². The second kappa shape index (κ2) is 7.29. The zero-order valence-electron chi connectivity index (χ0n) is 12.2. The van der Waals surface area contributed by atoms with Crippen molar-refractivity contribution >= 4 is 34.8 Å². The van der Waals surface area contributed by atoms with Crippen LogP contribution in [0, 0.1) is 0 Å². The number of amidine groups is 1. The number of para-hydroxylation sites is 1. The quantitative estimate of drug-likeness (QED) is 0.366. The van der Waals surface area contributed by atoms with E-state index in [9.17, 15) is 0 Å². The van der Waals surface area contributed by atoms with Gasteiger partial charge in [0.25, 0.3) is 0 Å². The van der Waals surface area contributed by atoms with E-state index in [0.29, 0.717) is 0 Å². The van der Waals surface area contributed by atoms with E-state index in [1.54, 1.807) is 11.3 Å². The summed E-state index contributed by atoms with van der Waals surface area (Å²) >= 11 is 3.22. The van der Waals surface area contributed by atoms with Gasteiger partial charge in [-0.1, -0.05) is 54.6 Å². The molecule has 0 fully saturated rings. The van der Waals surface area contributed by atoms with Crippen LogP contribution in [-0.4, -0.2) is 12.9 Å². The van der Waals surface area contributed by atoms with Crippen molar-refractivity contribution in [2.24, 2.45) is 4.40 Å². The summed E-state index contributed by atoms with van der Waals surface area (Å²) < 4.78 is 5.97. The van der Waals surface area contributed by atoms with Crippen molar-refractivity contribution in [2.45, 2.75) is 4.21 Å². The van der Waals surface area contributed by atoms with Crippen LogP contribution < -0.4 is 4.90 Å². The molecule has 22 heavy (non-hydrogen) atoms. The Labute approximate surface area is 139 Å². The average Bonchev–Trinajstić information content (AvgIpc) is 3.10. The van der Waals surface area contributed by atoms with Crippen LogP contribution in [0.5, 0.6) is 0 Å². The zero-order valence-corrected chi connectivity index (χ0v) is 13.8. The summed E-state index contributed by atoms with van der Waals surface area (Å²) in [6.07, 6.45) is 0. The Hall–Kier alpha value is -2.04. The first kappa shape index (κ1) is 14.9. The highest BCUT2D eigenvalue weighted by molar-refractivity contribution is 8.00. The molecule has 0 saturated heterocycles. The number of thiophene rings is 1. The van der Waals surface area contributed by atoms with Gasteiger partial charge in [0.2, 0.25) is 0 Å². The zero-order chi connectivity index (χ0) is 15.2. The SMILES string of the molecule is CN(C(=NSc1cccs1)c1ccccc1)c1ccccc1. The topological polar surface area (TPSA) is 15.6 Å². The third kappa shape index (κ3) is 3.59. The minimum Gasteiger partial charge on any atom is -0.328 e. The molecule has 0 aliphatic carbocycles. The highest BCUT2D eigenvalue weighted by atomic mass is 32.2. The second-order valence-corrected chi connectivity index (χ2v) is 6.71. The van der Waals surface area contributed by atoms with Gasteiger partial charge in [-0.2, -0.15) is 4.40 Å². The molecule has 0 saturated carbocycles. The third-order valence-electron chi connectivity index (χ3n) is 3.21. The van der Waals surface area contributed by atoms with E-state index in [-0.39, 0.29) is 0 Å². The summed E-state index contributed by atoms with van der Waals surface area (Å²) in [5.41, 5.74) is 2.23. The minimum absolute atomic E-state index is 0.949. The molecular weight excluding hydrogens is 308 g/mol. The predicted molar refractivity (Wildman–Crippen MR) is 98.0 cm³/mol. The van der Waals surface area contributed by atoms with Gasteiger partial charge in [-0.15, -0.1) is 11.3 Å². The normalized spacial score (nSPS) is 11.4. The maximum atomic E-state index is 4.78. The van der Waals surface area contributed by atoms with Gasteiger partial charge >= 0.3 is 0 Å². The van der Waals surface area contributed by atoms with Crippen LogP contribution in [0.1, 0.15) is 5.56 Å². The van der Waals surface area contributed by atoms with E-state index in [0.717, 1.165) is 17.1 Å². The first-order chi connectivity index (χ1) is 10.8. The van der Waals surface area contributed by atoms with Gasteiger partial charge in [0, 0.05) is 30.2 Å². The molecule has 0 aliphatic rings. The number of benzene rings is 2. The molecule has 4 heteroatoms. The molecule has 3 rings (SSSR count). The lowest BCUT2D eigenvalue weighted by Crippen LogP contribution is -2.26. The van der Waals surface area contributed by atoms with Crippen LogP contribution in [0.2, 0.25) is 0 Å². The third-order valence-corrected chi connectivity index (χ3v) is 4.96. The number of hydrogen-bond donors (Lipinski definition) is 0. The van der Waals surface area contributed by atoms with Crippen molar-refractivity contribution in [2.75, 3.05) is 11.9 Å².